The van der Waals surface area contributed by atoms with Gasteiger partial charge in [-0.15, -0.1) is 11.3 Å². The summed E-state index contributed by atoms with van der Waals surface area (Å²) in [7, 11) is 3.57. The number of halogens is 1. The van der Waals surface area contributed by atoms with Gasteiger partial charge in [-0.05, 0) is 31.2 Å². The third kappa shape index (κ3) is 6.35. The van der Waals surface area contributed by atoms with Crippen LogP contribution in [0.2, 0.25) is 0 Å². The van der Waals surface area contributed by atoms with Crippen LogP contribution in [0.3, 0.4) is 0 Å². The Labute approximate surface area is 145 Å². The molecule has 0 bridgehead atoms. The summed E-state index contributed by atoms with van der Waals surface area (Å²) in [4.78, 5) is 19.2. The van der Waals surface area contributed by atoms with E-state index >= 15 is 0 Å². The number of thiazole rings is 1. The number of hydrogen-bond acceptors (Lipinski definition) is 5. The minimum atomic E-state index is -0.245. The van der Waals surface area contributed by atoms with Gasteiger partial charge in [-0.3, -0.25) is 9.69 Å². The Morgan fingerprint density at radius 2 is 2.12 bits per heavy atom. The standard InChI is InChI=1S/C17H22FN3O2S/c1-21(8-3-9-23-2)12-16(22)20-17-19-11-15(24-17)10-13-4-6-14(18)7-5-13/h4-7,11H,3,8-10,12H2,1-2H3,(H,19,20,22). The van der Waals surface area contributed by atoms with Gasteiger partial charge in [0.15, 0.2) is 5.13 Å². The van der Waals surface area contributed by atoms with Gasteiger partial charge in [0, 0.05) is 37.8 Å². The number of anilines is 1. The van der Waals surface area contributed by atoms with E-state index in [2.05, 4.69) is 10.3 Å². The lowest BCUT2D eigenvalue weighted by Crippen LogP contribution is -2.31. The fourth-order valence-corrected chi connectivity index (χ4v) is 3.08. The van der Waals surface area contributed by atoms with Crippen LogP contribution < -0.4 is 5.32 Å². The normalized spacial score (nSPS) is 11.0. The number of likely N-dealkylation sites (N-methyl/N-ethyl adjacent to an activating group) is 1. The lowest BCUT2D eigenvalue weighted by molar-refractivity contribution is -0.117. The minimum Gasteiger partial charge on any atom is -0.385 e. The highest BCUT2D eigenvalue weighted by molar-refractivity contribution is 7.15. The van der Waals surface area contributed by atoms with Crippen molar-refractivity contribution in [1.29, 1.82) is 0 Å². The van der Waals surface area contributed by atoms with Crippen LogP contribution >= 0.6 is 11.3 Å². The highest BCUT2D eigenvalue weighted by atomic mass is 32.1. The monoisotopic (exact) mass is 351 g/mol. The molecule has 24 heavy (non-hydrogen) atoms. The lowest BCUT2D eigenvalue weighted by Gasteiger charge is -2.15. The Kier molecular flexibility index (Phi) is 7.30. The summed E-state index contributed by atoms with van der Waals surface area (Å²) < 4.78 is 17.9. The third-order valence-corrected chi connectivity index (χ3v) is 4.31. The summed E-state index contributed by atoms with van der Waals surface area (Å²) in [6.45, 7) is 1.80. The highest BCUT2D eigenvalue weighted by Crippen LogP contribution is 2.21. The Morgan fingerprint density at radius 3 is 2.83 bits per heavy atom. The topological polar surface area (TPSA) is 54.5 Å². The summed E-state index contributed by atoms with van der Waals surface area (Å²) >= 11 is 1.43. The summed E-state index contributed by atoms with van der Waals surface area (Å²) in [5.74, 6) is -0.330. The number of carbonyl (C=O) groups is 1. The van der Waals surface area contributed by atoms with Crippen LogP contribution in [0, 0.1) is 5.82 Å². The molecule has 0 aliphatic rings. The van der Waals surface area contributed by atoms with Crippen molar-refractivity contribution in [3.8, 4) is 0 Å². The van der Waals surface area contributed by atoms with E-state index in [9.17, 15) is 9.18 Å². The molecular formula is C17H22FN3O2S. The van der Waals surface area contributed by atoms with E-state index in [0.717, 1.165) is 23.4 Å². The van der Waals surface area contributed by atoms with Crippen LogP contribution in [0.25, 0.3) is 0 Å². The van der Waals surface area contributed by atoms with Gasteiger partial charge in [0.05, 0.1) is 6.54 Å². The van der Waals surface area contributed by atoms with Gasteiger partial charge in [0.25, 0.3) is 0 Å². The van der Waals surface area contributed by atoms with Crippen molar-refractivity contribution in [2.75, 3.05) is 39.2 Å². The molecule has 1 aromatic heterocycles. The predicted octanol–water partition coefficient (Wildman–Crippen LogP) is 2.78. The van der Waals surface area contributed by atoms with E-state index in [1.54, 1.807) is 25.4 Å². The van der Waals surface area contributed by atoms with Gasteiger partial charge in [0.2, 0.25) is 5.91 Å². The first-order valence-electron chi connectivity index (χ1n) is 7.73. The largest absolute Gasteiger partial charge is 0.385 e. The fraction of sp³-hybridized carbons (Fsp3) is 0.412. The SMILES string of the molecule is COCCCN(C)CC(=O)Nc1ncc(Cc2ccc(F)cc2)s1. The van der Waals surface area contributed by atoms with Gasteiger partial charge < -0.3 is 10.1 Å². The highest BCUT2D eigenvalue weighted by Gasteiger charge is 2.10. The number of ether oxygens (including phenoxy) is 1. The van der Waals surface area contributed by atoms with E-state index in [1.165, 1.54) is 23.5 Å². The lowest BCUT2D eigenvalue weighted by atomic mass is 10.1. The summed E-state index contributed by atoms with van der Waals surface area (Å²) in [5.41, 5.74) is 1.01. The average molecular weight is 351 g/mol. The van der Waals surface area contributed by atoms with Crippen LogP contribution in [0.15, 0.2) is 30.5 Å². The molecule has 0 unspecified atom stereocenters. The van der Waals surface area contributed by atoms with Gasteiger partial charge in [-0.1, -0.05) is 12.1 Å². The Bertz CT molecular complexity index is 646. The molecule has 5 nitrogen and oxygen atoms in total. The summed E-state index contributed by atoms with van der Waals surface area (Å²) in [6, 6.07) is 6.39. The molecule has 0 atom stereocenters. The van der Waals surface area contributed by atoms with Crippen molar-refractivity contribution in [2.24, 2.45) is 0 Å². The molecule has 0 spiro atoms. The number of rotatable bonds is 9. The number of nitrogens with one attached hydrogen (secondary N) is 1. The zero-order chi connectivity index (χ0) is 17.4. The maximum Gasteiger partial charge on any atom is 0.240 e. The molecule has 0 radical (unpaired) electrons. The maximum atomic E-state index is 12.9. The molecule has 2 rings (SSSR count). The molecule has 0 saturated carbocycles. The first-order chi connectivity index (χ1) is 11.6. The van der Waals surface area contributed by atoms with Crippen molar-refractivity contribution < 1.29 is 13.9 Å². The van der Waals surface area contributed by atoms with Gasteiger partial charge in [-0.2, -0.15) is 0 Å². The molecule has 1 amide bonds. The molecule has 7 heteroatoms. The number of nitrogens with zero attached hydrogens (tertiary/aromatic N) is 2. The molecular weight excluding hydrogens is 329 g/mol. The third-order valence-electron chi connectivity index (χ3n) is 3.39. The Morgan fingerprint density at radius 1 is 1.38 bits per heavy atom. The molecule has 130 valence electrons. The first kappa shape index (κ1) is 18.5. The number of hydrogen-bond donors (Lipinski definition) is 1. The van der Waals surface area contributed by atoms with Crippen molar-refractivity contribution in [3.05, 3.63) is 46.7 Å². The van der Waals surface area contributed by atoms with Crippen molar-refractivity contribution >= 4 is 22.4 Å². The molecule has 0 aliphatic heterocycles. The van der Waals surface area contributed by atoms with Gasteiger partial charge in [-0.25, -0.2) is 9.37 Å². The second-order valence-corrected chi connectivity index (χ2v) is 6.68. The van der Waals surface area contributed by atoms with E-state index in [0.29, 0.717) is 24.7 Å². The van der Waals surface area contributed by atoms with E-state index < -0.39 is 0 Å². The van der Waals surface area contributed by atoms with Gasteiger partial charge >= 0.3 is 0 Å². The first-order valence-corrected chi connectivity index (χ1v) is 8.55. The Balaban J connectivity index is 1.80. The number of amides is 1. The smallest absolute Gasteiger partial charge is 0.240 e. The van der Waals surface area contributed by atoms with Crippen molar-refractivity contribution in [2.45, 2.75) is 12.8 Å². The van der Waals surface area contributed by atoms with Crippen LogP contribution in [0.5, 0.6) is 0 Å². The number of aromatic nitrogens is 1. The minimum absolute atomic E-state index is 0.0856. The fourth-order valence-electron chi connectivity index (χ4n) is 2.21. The molecule has 1 heterocycles. The van der Waals surface area contributed by atoms with Crippen LogP contribution in [0.4, 0.5) is 9.52 Å². The Hall–Kier alpha value is -1.83. The molecule has 0 aliphatic carbocycles. The van der Waals surface area contributed by atoms with E-state index in [-0.39, 0.29) is 11.7 Å². The van der Waals surface area contributed by atoms with Crippen LogP contribution in [-0.2, 0) is 16.0 Å². The zero-order valence-corrected chi connectivity index (χ0v) is 14.7. The van der Waals surface area contributed by atoms with Crippen LogP contribution in [0.1, 0.15) is 16.9 Å². The maximum absolute atomic E-state index is 12.9. The second kappa shape index (κ2) is 9.46. The summed E-state index contributed by atoms with van der Waals surface area (Å²) in [5, 5.41) is 3.40. The van der Waals surface area contributed by atoms with Crippen molar-refractivity contribution in [1.82, 2.24) is 9.88 Å². The van der Waals surface area contributed by atoms with Gasteiger partial charge in [0.1, 0.15) is 5.82 Å². The second-order valence-electron chi connectivity index (χ2n) is 5.57. The number of benzene rings is 1. The molecule has 1 aromatic carbocycles. The average Bonchev–Trinajstić information content (AvgIpc) is 2.96. The quantitative estimate of drug-likeness (QED) is 0.706. The molecule has 0 saturated heterocycles. The molecule has 2 aromatic rings. The molecule has 1 N–H and O–H groups in total. The molecule has 0 fully saturated rings. The van der Waals surface area contributed by atoms with E-state index in [1.807, 2.05) is 11.9 Å². The number of methoxy groups -OCH3 is 1. The van der Waals surface area contributed by atoms with Crippen molar-refractivity contribution in [3.63, 3.8) is 0 Å². The summed E-state index contributed by atoms with van der Waals surface area (Å²) in [6.07, 6.45) is 3.30. The van der Waals surface area contributed by atoms with Crippen LogP contribution in [-0.4, -0.2) is 49.6 Å². The van der Waals surface area contributed by atoms with E-state index in [4.69, 9.17) is 4.74 Å². The predicted molar refractivity (Wildman–Crippen MR) is 93.9 cm³/mol. The zero-order valence-electron chi connectivity index (χ0n) is 13.9. The number of carbonyl (C=O) groups excluding carboxylic acids is 1.